The molecule has 130 valence electrons. The van der Waals surface area contributed by atoms with Gasteiger partial charge < -0.3 is 19.5 Å². The van der Waals surface area contributed by atoms with Crippen molar-refractivity contribution in [1.29, 1.82) is 0 Å². The van der Waals surface area contributed by atoms with Gasteiger partial charge in [0.15, 0.2) is 17.6 Å². The number of rotatable bonds is 5. The number of hydrogen-bond acceptors (Lipinski definition) is 6. The fraction of sp³-hybridized carbons (Fsp3) is 0.188. The summed E-state index contributed by atoms with van der Waals surface area (Å²) >= 11 is 5.95. The Bertz CT molecular complexity index is 841. The van der Waals surface area contributed by atoms with E-state index in [9.17, 15) is 14.9 Å². The Morgan fingerprint density at radius 2 is 2.04 bits per heavy atom. The van der Waals surface area contributed by atoms with Crippen molar-refractivity contribution >= 4 is 28.9 Å². The van der Waals surface area contributed by atoms with Gasteiger partial charge in [0, 0.05) is 23.9 Å². The summed E-state index contributed by atoms with van der Waals surface area (Å²) in [5.41, 5.74) is 0.370. The van der Waals surface area contributed by atoms with Crippen molar-refractivity contribution in [3.05, 3.63) is 51.5 Å². The highest BCUT2D eigenvalue weighted by atomic mass is 35.5. The van der Waals surface area contributed by atoms with E-state index in [-0.39, 0.29) is 23.3 Å². The summed E-state index contributed by atoms with van der Waals surface area (Å²) in [6, 6.07) is 8.79. The molecule has 0 aromatic heterocycles. The summed E-state index contributed by atoms with van der Waals surface area (Å²) in [6.07, 6.45) is -0.871. The molecule has 1 aliphatic heterocycles. The first-order chi connectivity index (χ1) is 11.9. The van der Waals surface area contributed by atoms with Crippen LogP contribution in [-0.4, -0.2) is 23.7 Å². The number of carbonyl (C=O) groups excluding carboxylic acids is 1. The molecule has 0 saturated heterocycles. The Morgan fingerprint density at radius 1 is 1.28 bits per heavy atom. The Balaban J connectivity index is 1.65. The number of amides is 1. The molecule has 0 aliphatic carbocycles. The lowest BCUT2D eigenvalue weighted by atomic mass is 10.2. The smallest absolute Gasteiger partial charge is 0.271 e. The number of nitro groups is 1. The summed E-state index contributed by atoms with van der Waals surface area (Å²) in [7, 11) is 0. The molecule has 2 aromatic carbocycles. The van der Waals surface area contributed by atoms with E-state index < -0.39 is 16.9 Å². The van der Waals surface area contributed by atoms with Crippen molar-refractivity contribution in [2.75, 3.05) is 12.1 Å². The highest BCUT2D eigenvalue weighted by Gasteiger charge is 2.19. The number of nitrogens with zero attached hydrogens (tertiary/aromatic N) is 1. The Labute approximate surface area is 147 Å². The molecule has 0 fully saturated rings. The highest BCUT2D eigenvalue weighted by molar-refractivity contribution is 6.32. The van der Waals surface area contributed by atoms with Gasteiger partial charge in [0.1, 0.15) is 5.75 Å². The van der Waals surface area contributed by atoms with Crippen LogP contribution < -0.4 is 19.5 Å². The first-order valence-corrected chi connectivity index (χ1v) is 7.63. The van der Waals surface area contributed by atoms with E-state index >= 15 is 0 Å². The van der Waals surface area contributed by atoms with Crippen LogP contribution in [0.2, 0.25) is 5.02 Å². The predicted molar refractivity (Wildman–Crippen MR) is 89.4 cm³/mol. The zero-order valence-electron chi connectivity index (χ0n) is 13.0. The monoisotopic (exact) mass is 364 g/mol. The van der Waals surface area contributed by atoms with Crippen LogP contribution in [0.4, 0.5) is 11.4 Å². The van der Waals surface area contributed by atoms with Crippen LogP contribution >= 0.6 is 11.6 Å². The van der Waals surface area contributed by atoms with Gasteiger partial charge in [-0.15, -0.1) is 0 Å². The van der Waals surface area contributed by atoms with Crippen LogP contribution in [0.1, 0.15) is 6.92 Å². The zero-order chi connectivity index (χ0) is 18.0. The summed E-state index contributed by atoms with van der Waals surface area (Å²) in [5, 5.41) is 13.4. The molecular formula is C16H13ClN2O6. The number of hydrogen-bond donors (Lipinski definition) is 1. The van der Waals surface area contributed by atoms with E-state index in [1.54, 1.807) is 25.1 Å². The number of anilines is 1. The quantitative estimate of drug-likeness (QED) is 0.644. The first-order valence-electron chi connectivity index (χ1n) is 7.25. The van der Waals surface area contributed by atoms with Gasteiger partial charge in [-0.25, -0.2) is 0 Å². The van der Waals surface area contributed by atoms with Gasteiger partial charge in [-0.05, 0) is 25.1 Å². The van der Waals surface area contributed by atoms with E-state index in [1.807, 2.05) is 0 Å². The van der Waals surface area contributed by atoms with Crippen molar-refractivity contribution in [1.82, 2.24) is 0 Å². The molecule has 1 aliphatic rings. The SMILES string of the molecule is C[C@@H](Oc1ccc([N+](=O)[O-])cc1Cl)C(=O)Nc1ccc2c(c1)OCO2. The van der Waals surface area contributed by atoms with Gasteiger partial charge in [0.2, 0.25) is 6.79 Å². The second-order valence-corrected chi connectivity index (χ2v) is 5.60. The number of nitro benzene ring substituents is 1. The van der Waals surface area contributed by atoms with E-state index in [0.29, 0.717) is 17.2 Å². The Hall–Kier alpha value is -3.00. The average Bonchev–Trinajstić information content (AvgIpc) is 3.04. The molecule has 0 bridgehead atoms. The van der Waals surface area contributed by atoms with Crippen molar-refractivity contribution in [2.24, 2.45) is 0 Å². The number of nitrogens with one attached hydrogen (secondary N) is 1. The fourth-order valence-corrected chi connectivity index (χ4v) is 2.38. The lowest BCUT2D eigenvalue weighted by molar-refractivity contribution is -0.384. The van der Waals surface area contributed by atoms with E-state index in [1.165, 1.54) is 18.2 Å². The Morgan fingerprint density at radius 3 is 2.76 bits per heavy atom. The van der Waals surface area contributed by atoms with Crippen LogP contribution in [-0.2, 0) is 4.79 Å². The average molecular weight is 365 g/mol. The number of carbonyl (C=O) groups is 1. The molecule has 0 spiro atoms. The van der Waals surface area contributed by atoms with Gasteiger partial charge in [-0.1, -0.05) is 11.6 Å². The second-order valence-electron chi connectivity index (χ2n) is 5.19. The molecule has 25 heavy (non-hydrogen) atoms. The standard InChI is InChI=1S/C16H13ClN2O6/c1-9(25-13-5-3-11(19(21)22)7-12(13)17)16(20)18-10-2-4-14-15(6-10)24-8-23-14/h2-7,9H,8H2,1H3,(H,18,20)/t9-/m1/s1. The lowest BCUT2D eigenvalue weighted by Gasteiger charge is -2.15. The maximum absolute atomic E-state index is 12.2. The lowest BCUT2D eigenvalue weighted by Crippen LogP contribution is -2.30. The molecule has 0 radical (unpaired) electrons. The first kappa shape index (κ1) is 16.8. The van der Waals surface area contributed by atoms with Crippen molar-refractivity contribution in [2.45, 2.75) is 13.0 Å². The second kappa shape index (κ2) is 6.86. The number of ether oxygens (including phenoxy) is 3. The third-order valence-electron chi connectivity index (χ3n) is 3.44. The molecule has 1 amide bonds. The Kier molecular flexibility index (Phi) is 4.62. The van der Waals surface area contributed by atoms with Crippen molar-refractivity contribution in [3.8, 4) is 17.2 Å². The summed E-state index contributed by atoms with van der Waals surface area (Å²) in [4.78, 5) is 22.4. The topological polar surface area (TPSA) is 99.9 Å². The number of non-ortho nitro benzene ring substituents is 1. The third-order valence-corrected chi connectivity index (χ3v) is 3.73. The summed E-state index contributed by atoms with van der Waals surface area (Å²) < 4.78 is 15.9. The molecule has 3 rings (SSSR count). The van der Waals surface area contributed by atoms with Crippen molar-refractivity contribution < 1.29 is 23.9 Å². The molecular weight excluding hydrogens is 352 g/mol. The number of fused-ring (bicyclic) bond motifs is 1. The number of halogens is 1. The van der Waals surface area contributed by atoms with Crippen molar-refractivity contribution in [3.63, 3.8) is 0 Å². The fourth-order valence-electron chi connectivity index (χ4n) is 2.16. The van der Waals surface area contributed by atoms with E-state index in [0.717, 1.165) is 0 Å². The molecule has 1 N–H and O–H groups in total. The molecule has 9 heteroatoms. The normalized spacial score (nSPS) is 13.2. The van der Waals surface area contributed by atoms with Crippen LogP contribution in [0.5, 0.6) is 17.2 Å². The van der Waals surface area contributed by atoms with Gasteiger partial charge in [-0.2, -0.15) is 0 Å². The van der Waals surface area contributed by atoms with Gasteiger partial charge in [0.05, 0.1) is 9.95 Å². The predicted octanol–water partition coefficient (Wildman–Crippen LogP) is 3.38. The van der Waals surface area contributed by atoms with Crippen LogP contribution in [0, 0.1) is 10.1 Å². The van der Waals surface area contributed by atoms with Gasteiger partial charge >= 0.3 is 0 Å². The molecule has 1 atom stereocenters. The van der Waals surface area contributed by atoms with Gasteiger partial charge in [0.25, 0.3) is 11.6 Å². The minimum Gasteiger partial charge on any atom is -0.479 e. The third kappa shape index (κ3) is 3.74. The van der Waals surface area contributed by atoms with Gasteiger partial charge in [-0.3, -0.25) is 14.9 Å². The highest BCUT2D eigenvalue weighted by Crippen LogP contribution is 2.34. The summed E-state index contributed by atoms with van der Waals surface area (Å²) in [6.45, 7) is 1.69. The van der Waals surface area contributed by atoms with Crippen LogP contribution in [0.15, 0.2) is 36.4 Å². The molecule has 8 nitrogen and oxygen atoms in total. The maximum atomic E-state index is 12.2. The largest absolute Gasteiger partial charge is 0.479 e. The summed E-state index contributed by atoms with van der Waals surface area (Å²) in [5.74, 6) is 0.929. The minimum atomic E-state index is -0.871. The van der Waals surface area contributed by atoms with E-state index in [4.69, 9.17) is 25.8 Å². The molecule has 0 saturated carbocycles. The van der Waals surface area contributed by atoms with Crippen LogP contribution in [0.25, 0.3) is 0 Å². The minimum absolute atomic E-state index is 0.0527. The zero-order valence-corrected chi connectivity index (χ0v) is 13.8. The van der Waals surface area contributed by atoms with E-state index in [2.05, 4.69) is 5.32 Å². The molecule has 2 aromatic rings. The van der Waals surface area contributed by atoms with Crippen LogP contribution in [0.3, 0.4) is 0 Å². The number of benzene rings is 2. The molecule has 0 unspecified atom stereocenters. The maximum Gasteiger partial charge on any atom is 0.271 e. The molecule has 1 heterocycles.